The van der Waals surface area contributed by atoms with Gasteiger partial charge in [-0.15, -0.1) is 0 Å². The first-order chi connectivity index (χ1) is 10.6. The Kier molecular flexibility index (Phi) is 5.16. The van der Waals surface area contributed by atoms with Crippen LogP contribution in [0.15, 0.2) is 28.7 Å². The van der Waals surface area contributed by atoms with E-state index >= 15 is 0 Å². The zero-order valence-corrected chi connectivity index (χ0v) is 14.3. The predicted molar refractivity (Wildman–Crippen MR) is 89.3 cm³/mol. The van der Waals surface area contributed by atoms with Crippen LogP contribution in [0.25, 0.3) is 0 Å². The van der Waals surface area contributed by atoms with Gasteiger partial charge in [0.15, 0.2) is 0 Å². The second-order valence-corrected chi connectivity index (χ2v) is 7.24. The summed E-state index contributed by atoms with van der Waals surface area (Å²) in [6, 6.07) is 8.31. The molecule has 1 aliphatic carbocycles. The Hall–Kier alpha value is -0.910. The summed E-state index contributed by atoms with van der Waals surface area (Å²) in [5.74, 6) is 0.364. The lowest BCUT2D eigenvalue weighted by Gasteiger charge is -2.37. The molecule has 1 aliphatic heterocycles. The molecule has 1 saturated heterocycles. The van der Waals surface area contributed by atoms with E-state index in [1.54, 1.807) is 0 Å². The maximum Gasteiger partial charge on any atom is 0.225 e. The van der Waals surface area contributed by atoms with Gasteiger partial charge in [0.25, 0.3) is 0 Å². The number of nitrogens with two attached hydrogens (primary N) is 1. The molecule has 4 nitrogen and oxygen atoms in total. The number of ether oxygens (including phenoxy) is 1. The highest BCUT2D eigenvalue weighted by molar-refractivity contribution is 9.10. The molecule has 3 rings (SSSR count). The summed E-state index contributed by atoms with van der Waals surface area (Å²) in [6.07, 6.45) is 3.89. The van der Waals surface area contributed by atoms with Crippen LogP contribution in [0.3, 0.4) is 0 Å². The summed E-state index contributed by atoms with van der Waals surface area (Å²) < 4.78 is 6.91. The SMILES string of the molecule is NC1CCCC(C(=O)N2CCOC(c3cccc(Br)c3)C2)C1. The van der Waals surface area contributed by atoms with Crippen molar-refractivity contribution >= 4 is 21.8 Å². The standard InChI is InChI=1S/C17H23BrN2O2/c18-14-5-1-3-12(9-14)16-11-20(7-8-22-16)17(21)13-4-2-6-15(19)10-13/h1,3,5,9,13,15-16H,2,4,6-8,10-11,19H2. The summed E-state index contributed by atoms with van der Waals surface area (Å²) in [4.78, 5) is 14.7. The molecule has 0 spiro atoms. The minimum Gasteiger partial charge on any atom is -0.370 e. The van der Waals surface area contributed by atoms with E-state index in [1.807, 2.05) is 17.0 Å². The Labute approximate surface area is 140 Å². The van der Waals surface area contributed by atoms with Crippen molar-refractivity contribution in [1.29, 1.82) is 0 Å². The largest absolute Gasteiger partial charge is 0.370 e. The number of carbonyl (C=O) groups excluding carboxylic acids is 1. The number of morpholine rings is 1. The third-order valence-corrected chi connectivity index (χ3v) is 5.16. The van der Waals surface area contributed by atoms with E-state index in [0.29, 0.717) is 19.7 Å². The van der Waals surface area contributed by atoms with Gasteiger partial charge >= 0.3 is 0 Å². The molecule has 120 valence electrons. The Morgan fingerprint density at radius 3 is 3.00 bits per heavy atom. The van der Waals surface area contributed by atoms with Crippen molar-refractivity contribution in [3.05, 3.63) is 34.3 Å². The second-order valence-electron chi connectivity index (χ2n) is 6.32. The van der Waals surface area contributed by atoms with Crippen molar-refractivity contribution in [2.75, 3.05) is 19.7 Å². The van der Waals surface area contributed by atoms with Crippen LogP contribution in [0.1, 0.15) is 37.4 Å². The first kappa shape index (κ1) is 16.0. The van der Waals surface area contributed by atoms with Gasteiger partial charge in [-0.25, -0.2) is 0 Å². The van der Waals surface area contributed by atoms with Crippen LogP contribution in [0, 0.1) is 5.92 Å². The zero-order chi connectivity index (χ0) is 15.5. The van der Waals surface area contributed by atoms with Gasteiger partial charge in [0.1, 0.15) is 6.10 Å². The van der Waals surface area contributed by atoms with Gasteiger partial charge in [0, 0.05) is 23.0 Å². The van der Waals surface area contributed by atoms with Crippen LogP contribution in [-0.2, 0) is 9.53 Å². The van der Waals surface area contributed by atoms with Crippen LogP contribution in [0.2, 0.25) is 0 Å². The minimum atomic E-state index is -0.0348. The molecule has 1 heterocycles. The van der Waals surface area contributed by atoms with Crippen LogP contribution in [-0.4, -0.2) is 36.5 Å². The molecule has 5 heteroatoms. The van der Waals surface area contributed by atoms with Gasteiger partial charge in [-0.3, -0.25) is 4.79 Å². The van der Waals surface area contributed by atoms with Crippen LogP contribution >= 0.6 is 15.9 Å². The predicted octanol–water partition coefficient (Wildman–Crippen LogP) is 2.87. The summed E-state index contributed by atoms with van der Waals surface area (Å²) in [5.41, 5.74) is 7.14. The van der Waals surface area contributed by atoms with Crippen molar-refractivity contribution in [3.63, 3.8) is 0 Å². The lowest BCUT2D eigenvalue weighted by molar-refractivity contribution is -0.144. The number of hydrogen-bond acceptors (Lipinski definition) is 3. The van der Waals surface area contributed by atoms with Crippen molar-refractivity contribution in [1.82, 2.24) is 4.90 Å². The topological polar surface area (TPSA) is 55.6 Å². The Balaban J connectivity index is 1.66. The molecule has 1 aromatic rings. The summed E-state index contributed by atoms with van der Waals surface area (Å²) in [7, 11) is 0. The molecule has 0 bridgehead atoms. The maximum absolute atomic E-state index is 12.7. The number of halogens is 1. The Morgan fingerprint density at radius 2 is 2.23 bits per heavy atom. The lowest BCUT2D eigenvalue weighted by atomic mass is 9.85. The molecular weight excluding hydrogens is 344 g/mol. The molecule has 2 N–H and O–H groups in total. The van der Waals surface area contributed by atoms with Gasteiger partial charge in [-0.1, -0.05) is 34.5 Å². The zero-order valence-electron chi connectivity index (χ0n) is 12.7. The van der Waals surface area contributed by atoms with Crippen LogP contribution in [0.4, 0.5) is 0 Å². The van der Waals surface area contributed by atoms with Crippen LogP contribution in [0.5, 0.6) is 0 Å². The average Bonchev–Trinajstić information content (AvgIpc) is 2.54. The van der Waals surface area contributed by atoms with Gasteiger partial charge in [-0.2, -0.15) is 0 Å². The molecule has 0 radical (unpaired) electrons. The quantitative estimate of drug-likeness (QED) is 0.875. The molecule has 3 unspecified atom stereocenters. The maximum atomic E-state index is 12.7. The molecule has 1 saturated carbocycles. The highest BCUT2D eigenvalue weighted by Gasteiger charge is 2.32. The number of rotatable bonds is 2. The molecule has 0 aromatic heterocycles. The summed E-state index contributed by atoms with van der Waals surface area (Å²) >= 11 is 3.49. The van der Waals surface area contributed by atoms with Crippen molar-refractivity contribution in [2.24, 2.45) is 11.7 Å². The summed E-state index contributed by atoms with van der Waals surface area (Å²) in [5, 5.41) is 0. The highest BCUT2D eigenvalue weighted by atomic mass is 79.9. The van der Waals surface area contributed by atoms with Gasteiger partial charge in [0.05, 0.1) is 13.2 Å². The fraction of sp³-hybridized carbons (Fsp3) is 0.588. The lowest BCUT2D eigenvalue weighted by Crippen LogP contribution is -2.46. The molecule has 22 heavy (non-hydrogen) atoms. The Bertz CT molecular complexity index is 537. The van der Waals surface area contributed by atoms with E-state index in [2.05, 4.69) is 28.1 Å². The molecule has 3 atom stereocenters. The third-order valence-electron chi connectivity index (χ3n) is 4.66. The number of nitrogens with zero attached hydrogens (tertiary/aromatic N) is 1. The van der Waals surface area contributed by atoms with E-state index in [-0.39, 0.29) is 24.0 Å². The van der Waals surface area contributed by atoms with E-state index in [4.69, 9.17) is 10.5 Å². The molecule has 1 amide bonds. The summed E-state index contributed by atoms with van der Waals surface area (Å²) in [6.45, 7) is 1.93. The van der Waals surface area contributed by atoms with E-state index in [9.17, 15) is 4.79 Å². The molecular formula is C17H23BrN2O2. The second kappa shape index (κ2) is 7.11. The average molecular weight is 367 g/mol. The molecule has 1 aromatic carbocycles. The van der Waals surface area contributed by atoms with E-state index in [0.717, 1.165) is 35.7 Å². The Morgan fingerprint density at radius 1 is 1.36 bits per heavy atom. The number of carbonyl (C=O) groups is 1. The fourth-order valence-electron chi connectivity index (χ4n) is 3.47. The molecule has 2 fully saturated rings. The van der Waals surface area contributed by atoms with Crippen molar-refractivity contribution in [3.8, 4) is 0 Å². The highest BCUT2D eigenvalue weighted by Crippen LogP contribution is 2.29. The normalized spacial score (nSPS) is 29.4. The molecule has 2 aliphatic rings. The monoisotopic (exact) mass is 366 g/mol. The minimum absolute atomic E-state index is 0.0348. The number of amides is 1. The smallest absolute Gasteiger partial charge is 0.225 e. The fourth-order valence-corrected chi connectivity index (χ4v) is 3.89. The first-order valence-electron chi connectivity index (χ1n) is 8.05. The number of hydrogen-bond donors (Lipinski definition) is 1. The van der Waals surface area contributed by atoms with Crippen molar-refractivity contribution < 1.29 is 9.53 Å². The van der Waals surface area contributed by atoms with Crippen LogP contribution < -0.4 is 5.73 Å². The van der Waals surface area contributed by atoms with E-state index in [1.165, 1.54) is 0 Å². The number of benzene rings is 1. The van der Waals surface area contributed by atoms with Gasteiger partial charge in [-0.05, 0) is 37.0 Å². The third kappa shape index (κ3) is 3.70. The van der Waals surface area contributed by atoms with E-state index < -0.39 is 0 Å². The van der Waals surface area contributed by atoms with Gasteiger partial charge < -0.3 is 15.4 Å². The van der Waals surface area contributed by atoms with Gasteiger partial charge in [0.2, 0.25) is 5.91 Å². The first-order valence-corrected chi connectivity index (χ1v) is 8.84. The van der Waals surface area contributed by atoms with Crippen molar-refractivity contribution in [2.45, 2.75) is 37.8 Å².